The lowest BCUT2D eigenvalue weighted by Gasteiger charge is -2.36. The minimum atomic E-state index is -0.00269. The largest absolute Gasteiger partial charge is 0.368 e. The first kappa shape index (κ1) is 16.7. The number of urea groups is 1. The molecule has 1 aliphatic heterocycles. The minimum absolute atomic E-state index is 0.00269. The fourth-order valence-electron chi connectivity index (χ4n) is 2.94. The second-order valence-corrected chi connectivity index (χ2v) is 6.47. The molecule has 1 fully saturated rings. The molecule has 4 nitrogen and oxygen atoms in total. The molecule has 1 atom stereocenters. The monoisotopic (exact) mass is 343 g/mol. The van der Waals surface area contributed by atoms with Gasteiger partial charge in [-0.2, -0.15) is 0 Å². The van der Waals surface area contributed by atoms with Crippen LogP contribution in [0, 0.1) is 0 Å². The van der Waals surface area contributed by atoms with Crippen molar-refractivity contribution in [3.05, 3.63) is 65.2 Å². The third kappa shape index (κ3) is 4.01. The number of piperazine rings is 1. The standard InChI is InChI=1S/C19H22ClN3O/c1-15(16-6-3-2-4-7-16)21-19(24)23-12-10-22(11-13-23)18-9-5-8-17(20)14-18/h2-9,14-15H,10-13H2,1H3,(H,21,24). The molecular weight excluding hydrogens is 322 g/mol. The number of anilines is 1. The Hall–Kier alpha value is -2.20. The number of carbonyl (C=O) groups excluding carboxylic acids is 1. The van der Waals surface area contributed by atoms with E-state index in [1.165, 1.54) is 0 Å². The van der Waals surface area contributed by atoms with Crippen molar-refractivity contribution in [2.75, 3.05) is 31.1 Å². The first-order chi connectivity index (χ1) is 11.6. The maximum atomic E-state index is 12.5. The van der Waals surface area contributed by atoms with Gasteiger partial charge in [-0.05, 0) is 30.7 Å². The van der Waals surface area contributed by atoms with Crippen LogP contribution < -0.4 is 10.2 Å². The lowest BCUT2D eigenvalue weighted by molar-refractivity contribution is 0.191. The van der Waals surface area contributed by atoms with Crippen molar-refractivity contribution in [1.29, 1.82) is 0 Å². The van der Waals surface area contributed by atoms with Crippen LogP contribution in [0.5, 0.6) is 0 Å². The van der Waals surface area contributed by atoms with Crippen LogP contribution in [0.15, 0.2) is 54.6 Å². The molecule has 2 aromatic rings. The molecule has 24 heavy (non-hydrogen) atoms. The van der Waals surface area contributed by atoms with Crippen molar-refractivity contribution in [2.24, 2.45) is 0 Å². The molecule has 1 aliphatic rings. The average molecular weight is 344 g/mol. The summed E-state index contributed by atoms with van der Waals surface area (Å²) in [5.41, 5.74) is 2.23. The third-order valence-corrected chi connectivity index (χ3v) is 4.61. The molecule has 0 saturated carbocycles. The van der Waals surface area contributed by atoms with Gasteiger partial charge in [0.1, 0.15) is 0 Å². The van der Waals surface area contributed by atoms with Crippen molar-refractivity contribution < 1.29 is 4.79 Å². The Labute approximate surface area is 148 Å². The lowest BCUT2D eigenvalue weighted by Crippen LogP contribution is -2.52. The normalized spacial score (nSPS) is 15.9. The fourth-order valence-corrected chi connectivity index (χ4v) is 3.13. The number of benzene rings is 2. The Morgan fingerprint density at radius 2 is 1.75 bits per heavy atom. The smallest absolute Gasteiger partial charge is 0.317 e. The van der Waals surface area contributed by atoms with Crippen LogP contribution >= 0.6 is 11.6 Å². The van der Waals surface area contributed by atoms with Gasteiger partial charge in [-0.25, -0.2) is 4.79 Å². The molecule has 126 valence electrons. The van der Waals surface area contributed by atoms with Gasteiger partial charge in [0.25, 0.3) is 0 Å². The van der Waals surface area contributed by atoms with E-state index in [1.807, 2.05) is 60.4 Å². The highest BCUT2D eigenvalue weighted by molar-refractivity contribution is 6.30. The highest BCUT2D eigenvalue weighted by Crippen LogP contribution is 2.21. The zero-order valence-corrected chi connectivity index (χ0v) is 14.5. The summed E-state index contributed by atoms with van der Waals surface area (Å²) in [4.78, 5) is 16.6. The average Bonchev–Trinajstić information content (AvgIpc) is 2.62. The molecule has 2 aromatic carbocycles. The number of nitrogens with one attached hydrogen (secondary N) is 1. The van der Waals surface area contributed by atoms with Crippen molar-refractivity contribution in [1.82, 2.24) is 10.2 Å². The highest BCUT2D eigenvalue weighted by Gasteiger charge is 2.22. The van der Waals surface area contributed by atoms with Crippen LogP contribution in [0.25, 0.3) is 0 Å². The molecule has 3 rings (SSSR count). The summed E-state index contributed by atoms with van der Waals surface area (Å²) in [5, 5.41) is 3.82. The predicted octanol–water partition coefficient (Wildman–Crippen LogP) is 3.93. The van der Waals surface area contributed by atoms with E-state index in [-0.39, 0.29) is 12.1 Å². The number of amides is 2. The zero-order chi connectivity index (χ0) is 16.9. The molecule has 1 heterocycles. The quantitative estimate of drug-likeness (QED) is 0.916. The molecule has 1 unspecified atom stereocenters. The second-order valence-electron chi connectivity index (χ2n) is 6.04. The molecule has 0 spiro atoms. The summed E-state index contributed by atoms with van der Waals surface area (Å²) >= 11 is 6.06. The van der Waals surface area contributed by atoms with Gasteiger partial charge in [-0.15, -0.1) is 0 Å². The van der Waals surface area contributed by atoms with Gasteiger partial charge in [0, 0.05) is 36.9 Å². The van der Waals surface area contributed by atoms with E-state index < -0.39 is 0 Å². The first-order valence-corrected chi connectivity index (χ1v) is 8.62. The number of nitrogens with zero attached hydrogens (tertiary/aromatic N) is 2. The van der Waals surface area contributed by atoms with Gasteiger partial charge in [0.05, 0.1) is 6.04 Å². The van der Waals surface area contributed by atoms with Gasteiger partial charge < -0.3 is 15.1 Å². The Bertz CT molecular complexity index is 684. The third-order valence-electron chi connectivity index (χ3n) is 4.38. The summed E-state index contributed by atoms with van der Waals surface area (Å²) in [7, 11) is 0. The van der Waals surface area contributed by atoms with Crippen molar-refractivity contribution in [3.8, 4) is 0 Å². The number of rotatable bonds is 3. The fraction of sp³-hybridized carbons (Fsp3) is 0.316. The molecule has 1 N–H and O–H groups in total. The van der Waals surface area contributed by atoms with E-state index in [2.05, 4.69) is 16.3 Å². The summed E-state index contributed by atoms with van der Waals surface area (Å²) in [6.07, 6.45) is 0. The maximum absolute atomic E-state index is 12.5. The highest BCUT2D eigenvalue weighted by atomic mass is 35.5. The molecule has 1 saturated heterocycles. The number of hydrogen-bond donors (Lipinski definition) is 1. The lowest BCUT2D eigenvalue weighted by atomic mass is 10.1. The van der Waals surface area contributed by atoms with Gasteiger partial charge in [0.15, 0.2) is 0 Å². The number of carbonyl (C=O) groups is 1. The summed E-state index contributed by atoms with van der Waals surface area (Å²) in [5.74, 6) is 0. The van der Waals surface area contributed by atoms with E-state index in [4.69, 9.17) is 11.6 Å². The molecule has 0 bridgehead atoms. The van der Waals surface area contributed by atoms with Crippen LogP contribution in [0.1, 0.15) is 18.5 Å². The summed E-state index contributed by atoms with van der Waals surface area (Å²) in [6, 6.07) is 17.9. The Morgan fingerprint density at radius 3 is 2.42 bits per heavy atom. The van der Waals surface area contributed by atoms with Crippen LogP contribution in [0.3, 0.4) is 0 Å². The topological polar surface area (TPSA) is 35.6 Å². The van der Waals surface area contributed by atoms with E-state index in [0.717, 1.165) is 29.4 Å². The van der Waals surface area contributed by atoms with Crippen molar-refractivity contribution in [3.63, 3.8) is 0 Å². The van der Waals surface area contributed by atoms with Gasteiger partial charge in [-0.3, -0.25) is 0 Å². The molecule has 5 heteroatoms. The van der Waals surface area contributed by atoms with Crippen LogP contribution in [-0.4, -0.2) is 37.1 Å². The van der Waals surface area contributed by atoms with Crippen molar-refractivity contribution in [2.45, 2.75) is 13.0 Å². The molecule has 0 aromatic heterocycles. The molecule has 0 radical (unpaired) electrons. The predicted molar refractivity (Wildman–Crippen MR) is 98.6 cm³/mol. The van der Waals surface area contributed by atoms with Crippen LogP contribution in [0.4, 0.5) is 10.5 Å². The van der Waals surface area contributed by atoms with Gasteiger partial charge in [-0.1, -0.05) is 48.0 Å². The van der Waals surface area contributed by atoms with Gasteiger partial charge in [0.2, 0.25) is 0 Å². The van der Waals surface area contributed by atoms with E-state index >= 15 is 0 Å². The Kier molecular flexibility index (Phi) is 5.26. The second kappa shape index (κ2) is 7.58. The SMILES string of the molecule is CC(NC(=O)N1CCN(c2cccc(Cl)c2)CC1)c1ccccc1. The molecule has 0 aliphatic carbocycles. The van der Waals surface area contributed by atoms with Crippen LogP contribution in [0.2, 0.25) is 5.02 Å². The Morgan fingerprint density at radius 1 is 1.04 bits per heavy atom. The minimum Gasteiger partial charge on any atom is -0.368 e. The van der Waals surface area contributed by atoms with Crippen LogP contribution in [-0.2, 0) is 0 Å². The van der Waals surface area contributed by atoms with Gasteiger partial charge >= 0.3 is 6.03 Å². The van der Waals surface area contributed by atoms with Crippen molar-refractivity contribution >= 4 is 23.3 Å². The Balaban J connectivity index is 1.53. The summed E-state index contributed by atoms with van der Waals surface area (Å²) < 4.78 is 0. The molecule has 2 amide bonds. The summed E-state index contributed by atoms with van der Waals surface area (Å²) in [6.45, 7) is 5.05. The van der Waals surface area contributed by atoms with E-state index in [1.54, 1.807) is 0 Å². The van der Waals surface area contributed by atoms with E-state index in [9.17, 15) is 4.79 Å². The van der Waals surface area contributed by atoms with E-state index in [0.29, 0.717) is 13.1 Å². The maximum Gasteiger partial charge on any atom is 0.317 e. The first-order valence-electron chi connectivity index (χ1n) is 8.24. The molecular formula is C19H22ClN3O. The number of hydrogen-bond acceptors (Lipinski definition) is 2. The number of halogens is 1. The zero-order valence-electron chi connectivity index (χ0n) is 13.8.